The van der Waals surface area contributed by atoms with E-state index in [0.717, 1.165) is 73.7 Å². The number of benzene rings is 1. The predicted molar refractivity (Wildman–Crippen MR) is 212 cm³/mol. The summed E-state index contributed by atoms with van der Waals surface area (Å²) in [6.45, 7) is 4.47. The van der Waals surface area contributed by atoms with E-state index in [0.29, 0.717) is 30.9 Å². The predicted octanol–water partition coefficient (Wildman–Crippen LogP) is 6.40. The zero-order valence-corrected chi connectivity index (χ0v) is 33.0. The van der Waals surface area contributed by atoms with E-state index in [1.165, 1.54) is 32.1 Å². The molecule has 1 aliphatic carbocycles. The van der Waals surface area contributed by atoms with Crippen LogP contribution >= 0.6 is 0 Å². The lowest BCUT2D eigenvalue weighted by molar-refractivity contribution is -0.135. The number of ether oxygens (including phenoxy) is 1. The lowest BCUT2D eigenvalue weighted by Crippen LogP contribution is -2.44. The van der Waals surface area contributed by atoms with E-state index in [2.05, 4.69) is 37.3 Å². The number of H-pyrrole nitrogens is 1. The summed E-state index contributed by atoms with van der Waals surface area (Å²) in [5.74, 6) is -0.302. The molecule has 1 aromatic carbocycles. The van der Waals surface area contributed by atoms with Crippen molar-refractivity contribution in [3.63, 3.8) is 0 Å². The normalized spacial score (nSPS) is 18.5. The molecule has 6 rings (SSSR count). The number of fused-ring (bicyclic) bond motifs is 1. The molecule has 4 aromatic rings. The molecule has 56 heavy (non-hydrogen) atoms. The number of aromatic nitrogens is 6. The van der Waals surface area contributed by atoms with Crippen LogP contribution in [-0.2, 0) is 34.3 Å². The average Bonchev–Trinajstić information content (AvgIpc) is 3.97. The SMILES string of the molecule is CC(C)NC(=O)O[C@@H]1CC[C@H](c2cc(NC(=O)c3ccnn3CCCCCCCCCCCCc3cccc4c3n(C)c(=O)n4C3CCC(=O)NC3=O)n[nH]2)C1. The number of carbonyl (C=O) groups is 4. The van der Waals surface area contributed by atoms with Gasteiger partial charge in [0.1, 0.15) is 17.8 Å². The number of anilines is 1. The number of nitrogens with zero attached hydrogens (tertiary/aromatic N) is 5. The minimum Gasteiger partial charge on any atom is -0.446 e. The quantitative estimate of drug-likeness (QED) is 0.0623. The van der Waals surface area contributed by atoms with Gasteiger partial charge in [0, 0.05) is 49.9 Å². The molecule has 0 radical (unpaired) electrons. The van der Waals surface area contributed by atoms with Gasteiger partial charge in [-0.15, -0.1) is 0 Å². The second kappa shape index (κ2) is 19.1. The zero-order valence-electron chi connectivity index (χ0n) is 33.0. The van der Waals surface area contributed by atoms with Gasteiger partial charge in [-0.25, -0.2) is 9.59 Å². The van der Waals surface area contributed by atoms with Gasteiger partial charge in [0.25, 0.3) is 5.91 Å². The molecule has 15 nitrogen and oxygen atoms in total. The highest BCUT2D eigenvalue weighted by Gasteiger charge is 2.32. The second-order valence-electron chi connectivity index (χ2n) is 15.7. The summed E-state index contributed by atoms with van der Waals surface area (Å²) in [6, 6.07) is 8.85. The van der Waals surface area contributed by atoms with Crippen LogP contribution in [0.5, 0.6) is 0 Å². The Hall–Kier alpha value is -5.21. The first-order valence-electron chi connectivity index (χ1n) is 20.5. The van der Waals surface area contributed by atoms with Gasteiger partial charge in [0.05, 0.1) is 11.0 Å². The molecule has 1 saturated heterocycles. The first-order valence-corrected chi connectivity index (χ1v) is 20.5. The van der Waals surface area contributed by atoms with Crippen LogP contribution < -0.4 is 21.6 Å². The number of aromatic amines is 1. The van der Waals surface area contributed by atoms with Crippen molar-refractivity contribution in [2.24, 2.45) is 7.05 Å². The highest BCUT2D eigenvalue weighted by atomic mass is 16.6. The molecular weight excluding hydrogens is 715 g/mol. The molecule has 1 saturated carbocycles. The van der Waals surface area contributed by atoms with E-state index in [9.17, 15) is 24.0 Å². The largest absolute Gasteiger partial charge is 0.446 e. The van der Waals surface area contributed by atoms with Gasteiger partial charge in [-0.2, -0.15) is 10.2 Å². The van der Waals surface area contributed by atoms with E-state index in [4.69, 9.17) is 4.74 Å². The van der Waals surface area contributed by atoms with E-state index in [-0.39, 0.29) is 48.1 Å². The lowest BCUT2D eigenvalue weighted by Gasteiger charge is -2.21. The number of nitrogens with one attached hydrogen (secondary N) is 4. The number of hydrogen-bond donors (Lipinski definition) is 4. The number of hydrogen-bond acceptors (Lipinski definition) is 8. The number of para-hydroxylation sites is 1. The van der Waals surface area contributed by atoms with Gasteiger partial charge >= 0.3 is 11.8 Å². The highest BCUT2D eigenvalue weighted by molar-refractivity contribution is 6.02. The van der Waals surface area contributed by atoms with E-state index in [1.807, 2.05) is 32.0 Å². The van der Waals surface area contributed by atoms with Gasteiger partial charge in [0.2, 0.25) is 11.8 Å². The standard InChI is InChI=1S/C41H57N9O6/c1-27(2)43-40(54)56-30-19-18-29(25-30)31-26-35(47-46-31)44-38(52)33-22-23-42-49(33)24-13-11-9-7-5-4-6-8-10-12-15-28-16-14-17-32-37(28)48(3)41(55)50(32)34-20-21-36(51)45-39(34)53/h14,16-17,22-23,26-27,29-30,34H,4-13,15,18-21,24-25H2,1-3H3,(H,43,54)(H,45,51,53)(H2,44,46,47,52)/t29-,30+,34?/m0/s1. The minimum atomic E-state index is -0.670. The number of carbonyl (C=O) groups excluding carboxylic acids is 4. The summed E-state index contributed by atoms with van der Waals surface area (Å²) in [5, 5.41) is 19.8. The van der Waals surface area contributed by atoms with Crippen LogP contribution in [0.4, 0.5) is 10.6 Å². The molecular formula is C41H57N9O6. The highest BCUT2D eigenvalue weighted by Crippen LogP contribution is 2.36. The molecule has 3 atom stereocenters. The molecule has 1 aliphatic heterocycles. The maximum absolute atomic E-state index is 13.2. The van der Waals surface area contributed by atoms with Crippen molar-refractivity contribution in [2.45, 2.75) is 147 Å². The Morgan fingerprint density at radius 2 is 1.68 bits per heavy atom. The van der Waals surface area contributed by atoms with E-state index >= 15 is 0 Å². The Morgan fingerprint density at radius 1 is 0.946 bits per heavy atom. The molecule has 1 unspecified atom stereocenters. The summed E-state index contributed by atoms with van der Waals surface area (Å²) in [5.41, 5.74) is 3.92. The van der Waals surface area contributed by atoms with Crippen molar-refractivity contribution in [1.82, 2.24) is 39.7 Å². The number of rotatable bonds is 19. The molecule has 4 N–H and O–H groups in total. The van der Waals surface area contributed by atoms with E-state index in [1.54, 1.807) is 33.1 Å². The molecule has 3 aromatic heterocycles. The Bertz CT molecular complexity index is 2040. The fraction of sp³-hybridized carbons (Fsp3) is 0.585. The zero-order chi connectivity index (χ0) is 39.6. The Kier molecular flexibility index (Phi) is 13.8. The van der Waals surface area contributed by atoms with Crippen LogP contribution in [0.25, 0.3) is 11.0 Å². The Labute approximate surface area is 327 Å². The Morgan fingerprint density at radius 3 is 2.41 bits per heavy atom. The Balaban J connectivity index is 0.833. The van der Waals surface area contributed by atoms with Gasteiger partial charge < -0.3 is 15.4 Å². The summed E-state index contributed by atoms with van der Waals surface area (Å²) >= 11 is 0. The van der Waals surface area contributed by atoms with Crippen molar-refractivity contribution >= 4 is 40.7 Å². The van der Waals surface area contributed by atoms with Crippen molar-refractivity contribution in [1.29, 1.82) is 0 Å². The second-order valence-corrected chi connectivity index (χ2v) is 15.7. The number of imide groups is 1. The van der Waals surface area contributed by atoms with Crippen LogP contribution in [0.3, 0.4) is 0 Å². The molecule has 2 aliphatic rings. The molecule has 4 heterocycles. The van der Waals surface area contributed by atoms with Crippen molar-refractivity contribution < 1.29 is 23.9 Å². The maximum Gasteiger partial charge on any atom is 0.407 e. The van der Waals surface area contributed by atoms with Crippen molar-refractivity contribution in [3.05, 3.63) is 64.0 Å². The van der Waals surface area contributed by atoms with Gasteiger partial charge in [-0.1, -0.05) is 63.5 Å². The molecule has 302 valence electrons. The fourth-order valence-electron chi connectivity index (χ4n) is 8.19. The van der Waals surface area contributed by atoms with Crippen molar-refractivity contribution in [3.8, 4) is 0 Å². The average molecular weight is 772 g/mol. The number of imidazole rings is 1. The maximum atomic E-state index is 13.2. The third-order valence-electron chi connectivity index (χ3n) is 11.1. The van der Waals surface area contributed by atoms with Gasteiger partial charge in [-0.05, 0) is 76.5 Å². The first-order chi connectivity index (χ1) is 27.1. The van der Waals surface area contributed by atoms with Gasteiger partial charge in [-0.3, -0.25) is 38.6 Å². The molecule has 0 spiro atoms. The van der Waals surface area contributed by atoms with Crippen LogP contribution in [0, 0.1) is 0 Å². The van der Waals surface area contributed by atoms with E-state index < -0.39 is 11.9 Å². The third-order valence-corrected chi connectivity index (χ3v) is 11.1. The third kappa shape index (κ3) is 10.1. The monoisotopic (exact) mass is 771 g/mol. The lowest BCUT2D eigenvalue weighted by atomic mass is 10.0. The summed E-state index contributed by atoms with van der Waals surface area (Å²) in [6.07, 6.45) is 16.2. The molecule has 2 fully saturated rings. The van der Waals surface area contributed by atoms with Crippen molar-refractivity contribution in [2.75, 3.05) is 5.32 Å². The number of aryl methyl sites for hydroxylation is 3. The number of amides is 4. The topological polar surface area (TPSA) is 187 Å². The molecule has 0 bridgehead atoms. The summed E-state index contributed by atoms with van der Waals surface area (Å²) in [7, 11) is 1.76. The van der Waals surface area contributed by atoms with Crippen LogP contribution in [0.2, 0.25) is 0 Å². The van der Waals surface area contributed by atoms with Crippen LogP contribution in [-0.4, -0.2) is 65.1 Å². The summed E-state index contributed by atoms with van der Waals surface area (Å²) in [4.78, 5) is 62.4. The number of unbranched alkanes of at least 4 members (excludes halogenated alkanes) is 9. The first kappa shape index (κ1) is 40.5. The number of piperidine rings is 1. The molecule has 15 heteroatoms. The molecule has 4 amide bonds. The van der Waals surface area contributed by atoms with Crippen LogP contribution in [0.1, 0.15) is 144 Å². The summed E-state index contributed by atoms with van der Waals surface area (Å²) < 4.78 is 10.5. The van der Waals surface area contributed by atoms with Crippen LogP contribution in [0.15, 0.2) is 41.3 Å². The van der Waals surface area contributed by atoms with Gasteiger partial charge in [0.15, 0.2) is 5.82 Å². The smallest absolute Gasteiger partial charge is 0.407 e. The number of alkyl carbamates (subject to hydrolysis) is 1. The minimum absolute atomic E-state index is 0.0273. The fourth-order valence-corrected chi connectivity index (χ4v) is 8.19.